The maximum atomic E-state index is 3.65. The molecule has 1 saturated carbocycles. The summed E-state index contributed by atoms with van der Waals surface area (Å²) in [6.45, 7) is 12.5. The quantitative estimate of drug-likeness (QED) is 0.610. The summed E-state index contributed by atoms with van der Waals surface area (Å²) in [4.78, 5) is 0. The summed E-state index contributed by atoms with van der Waals surface area (Å²) in [5, 5.41) is 0. The predicted molar refractivity (Wildman–Crippen MR) is 52.2 cm³/mol. The zero-order valence-corrected chi connectivity index (χ0v) is 12.0. The van der Waals surface area contributed by atoms with E-state index in [2.05, 4.69) is 34.6 Å². The van der Waals surface area contributed by atoms with Gasteiger partial charge < -0.3 is 19.3 Å². The Labute approximate surface area is 104 Å². The molecule has 1 aliphatic rings. The zero-order valence-electron chi connectivity index (χ0n) is 9.11. The third-order valence-electron chi connectivity index (χ3n) is 2.21. The second-order valence-corrected chi connectivity index (χ2v) is 4.47. The van der Waals surface area contributed by atoms with E-state index >= 15 is 0 Å². The van der Waals surface area contributed by atoms with Crippen LogP contribution >= 0.6 is 0 Å². The molecular weight excluding hydrogens is 221 g/mol. The third-order valence-corrected chi connectivity index (χ3v) is 2.21. The van der Waals surface area contributed by atoms with E-state index in [9.17, 15) is 0 Å². The fraction of sp³-hybridized carbons (Fsp3) is 0.818. The average Bonchev–Trinajstić information content (AvgIpc) is 1.86. The summed E-state index contributed by atoms with van der Waals surface area (Å²) in [5.41, 5.74) is 0.722. The van der Waals surface area contributed by atoms with Gasteiger partial charge in [-0.25, -0.2) is 0 Å². The van der Waals surface area contributed by atoms with Gasteiger partial charge in [0.25, 0.3) is 0 Å². The Morgan fingerprint density at radius 3 is 1.50 bits per heavy atom. The van der Waals surface area contributed by atoms with Gasteiger partial charge >= 0.3 is 0 Å². The van der Waals surface area contributed by atoms with E-state index in [4.69, 9.17) is 0 Å². The monoisotopic (exact) mass is 243 g/mol. The van der Waals surface area contributed by atoms with Crippen molar-refractivity contribution in [3.8, 4) is 0 Å². The first-order chi connectivity index (χ1) is 4.98. The van der Waals surface area contributed by atoms with Crippen molar-refractivity contribution < 1.29 is 32.7 Å². The SMILES string of the molecule is CC1(C)CCC1.[CH2-]C[C-](C)C.[Y]. The van der Waals surface area contributed by atoms with Gasteiger partial charge in [0, 0.05) is 32.7 Å². The molecule has 0 saturated heterocycles. The largest absolute Gasteiger partial charge is 0.372 e. The number of rotatable bonds is 1. The Morgan fingerprint density at radius 1 is 1.25 bits per heavy atom. The summed E-state index contributed by atoms with van der Waals surface area (Å²) < 4.78 is 0. The van der Waals surface area contributed by atoms with Gasteiger partial charge in [-0.1, -0.05) is 20.3 Å². The summed E-state index contributed by atoms with van der Waals surface area (Å²) in [5.74, 6) is 1.39. The first kappa shape index (κ1) is 15.6. The molecule has 0 unspecified atom stereocenters. The van der Waals surface area contributed by atoms with Crippen molar-refractivity contribution >= 4 is 0 Å². The van der Waals surface area contributed by atoms with Crippen LogP contribution in [0.3, 0.4) is 0 Å². The minimum Gasteiger partial charge on any atom is -0.372 e. The van der Waals surface area contributed by atoms with E-state index in [0.717, 1.165) is 11.8 Å². The van der Waals surface area contributed by atoms with Gasteiger partial charge in [-0.2, -0.15) is 13.8 Å². The molecule has 1 aliphatic carbocycles. The second-order valence-electron chi connectivity index (χ2n) is 4.47. The molecule has 71 valence electrons. The van der Waals surface area contributed by atoms with Gasteiger partial charge in [0.2, 0.25) is 0 Å². The van der Waals surface area contributed by atoms with Gasteiger partial charge in [-0.05, 0) is 18.3 Å². The maximum Gasteiger partial charge on any atom is 0 e. The van der Waals surface area contributed by atoms with Crippen molar-refractivity contribution in [3.05, 3.63) is 12.8 Å². The van der Waals surface area contributed by atoms with Crippen LogP contribution in [0.25, 0.3) is 0 Å². The van der Waals surface area contributed by atoms with Gasteiger partial charge in [0.05, 0.1) is 0 Å². The molecule has 0 heterocycles. The first-order valence-corrected chi connectivity index (χ1v) is 4.56. The number of hydrogen-bond donors (Lipinski definition) is 0. The Morgan fingerprint density at radius 2 is 1.50 bits per heavy atom. The molecule has 0 aromatic carbocycles. The molecule has 0 aromatic heterocycles. The van der Waals surface area contributed by atoms with E-state index in [-0.39, 0.29) is 32.7 Å². The molecule has 0 amide bonds. The van der Waals surface area contributed by atoms with Crippen molar-refractivity contribution in [1.29, 1.82) is 0 Å². The van der Waals surface area contributed by atoms with Crippen molar-refractivity contribution in [1.82, 2.24) is 0 Å². The molecular formula is C11H22Y-2. The third kappa shape index (κ3) is 9.19. The molecule has 0 aromatic rings. The first-order valence-electron chi connectivity index (χ1n) is 4.56. The van der Waals surface area contributed by atoms with E-state index in [1.54, 1.807) is 0 Å². The van der Waals surface area contributed by atoms with Crippen LogP contribution in [-0.2, 0) is 32.7 Å². The van der Waals surface area contributed by atoms with Crippen LogP contribution in [0.5, 0.6) is 0 Å². The van der Waals surface area contributed by atoms with Crippen LogP contribution in [0.4, 0.5) is 0 Å². The minimum atomic E-state index is 0. The second kappa shape index (κ2) is 7.50. The molecule has 12 heavy (non-hydrogen) atoms. The molecule has 0 bridgehead atoms. The van der Waals surface area contributed by atoms with Gasteiger partial charge in [0.1, 0.15) is 0 Å². The van der Waals surface area contributed by atoms with Gasteiger partial charge in [0.15, 0.2) is 0 Å². The van der Waals surface area contributed by atoms with Gasteiger partial charge in [-0.15, -0.1) is 0 Å². The summed E-state index contributed by atoms with van der Waals surface area (Å²) >= 11 is 0. The Balaban J connectivity index is 0. The van der Waals surface area contributed by atoms with Gasteiger partial charge in [-0.3, -0.25) is 0 Å². The zero-order chi connectivity index (χ0) is 8.91. The van der Waals surface area contributed by atoms with Crippen LogP contribution in [-0.4, -0.2) is 0 Å². The summed E-state index contributed by atoms with van der Waals surface area (Å²) in [6.07, 6.45) is 5.34. The fourth-order valence-electron chi connectivity index (χ4n) is 0.884. The molecule has 1 fully saturated rings. The van der Waals surface area contributed by atoms with Crippen LogP contribution < -0.4 is 0 Å². The van der Waals surface area contributed by atoms with E-state index in [1.807, 2.05) is 0 Å². The Kier molecular flexibility index (Phi) is 9.73. The van der Waals surface area contributed by atoms with Crippen LogP contribution in [0, 0.1) is 18.3 Å². The van der Waals surface area contributed by atoms with Crippen molar-refractivity contribution in [2.75, 3.05) is 0 Å². The molecule has 0 atom stereocenters. The standard InChI is InChI=1S/C6H12.C5H10.Y/c1-6(2)4-3-5-6;1-4-5(2)3;/h3-5H2,1-2H3;1,4H2,2-3H3;/q;-2;. The summed E-state index contributed by atoms with van der Waals surface area (Å²) in [6, 6.07) is 0. The van der Waals surface area contributed by atoms with Crippen LogP contribution in [0.1, 0.15) is 53.4 Å². The van der Waals surface area contributed by atoms with E-state index in [1.165, 1.54) is 25.2 Å². The van der Waals surface area contributed by atoms with Crippen molar-refractivity contribution in [2.24, 2.45) is 5.41 Å². The maximum absolute atomic E-state index is 3.65. The molecule has 0 spiro atoms. The molecule has 1 heteroatoms. The Hall–Kier alpha value is 1.10. The average molecular weight is 243 g/mol. The normalized spacial score (nSPS) is 18.5. The minimum absolute atomic E-state index is 0. The molecule has 1 rings (SSSR count). The van der Waals surface area contributed by atoms with E-state index in [0.29, 0.717) is 0 Å². The number of hydrogen-bond acceptors (Lipinski definition) is 0. The van der Waals surface area contributed by atoms with Crippen molar-refractivity contribution in [2.45, 2.75) is 53.4 Å². The predicted octanol–water partition coefficient (Wildman–Crippen LogP) is 4.02. The van der Waals surface area contributed by atoms with Crippen molar-refractivity contribution in [3.63, 3.8) is 0 Å². The molecule has 0 aliphatic heterocycles. The van der Waals surface area contributed by atoms with Crippen LogP contribution in [0.15, 0.2) is 0 Å². The molecule has 0 N–H and O–H groups in total. The topological polar surface area (TPSA) is 0 Å². The summed E-state index contributed by atoms with van der Waals surface area (Å²) in [7, 11) is 0. The Bertz CT molecular complexity index is 89.2. The van der Waals surface area contributed by atoms with Crippen LogP contribution in [0.2, 0.25) is 0 Å². The molecule has 1 radical (unpaired) electrons. The fourth-order valence-corrected chi connectivity index (χ4v) is 0.884. The smallest absolute Gasteiger partial charge is 0 e. The molecule has 0 nitrogen and oxygen atoms in total. The van der Waals surface area contributed by atoms with E-state index < -0.39 is 0 Å².